The number of hydrogen-bond acceptors (Lipinski definition) is 1. The third kappa shape index (κ3) is 2.48. The molecule has 94 valence electrons. The Bertz CT molecular complexity index is 490. The van der Waals surface area contributed by atoms with Crippen LogP contribution in [0, 0.1) is 5.92 Å². The van der Waals surface area contributed by atoms with Crippen LogP contribution in [-0.2, 0) is 7.05 Å². The predicted octanol–water partition coefficient (Wildman–Crippen LogP) is 3.65. The van der Waals surface area contributed by atoms with Gasteiger partial charge in [0.2, 0.25) is 0 Å². The van der Waals surface area contributed by atoms with E-state index >= 15 is 0 Å². The van der Waals surface area contributed by atoms with E-state index in [1.165, 1.54) is 16.5 Å². The number of halogens is 1. The zero-order chi connectivity index (χ0) is 11.7. The Labute approximate surface area is 109 Å². The van der Waals surface area contributed by atoms with E-state index in [0.29, 0.717) is 5.92 Å². The molecule has 0 saturated carbocycles. The largest absolute Gasteiger partial charge is 0.350 e. The molecule has 1 heterocycles. The van der Waals surface area contributed by atoms with Crippen LogP contribution in [0.2, 0.25) is 0 Å². The number of aromatic nitrogens is 1. The fourth-order valence-corrected chi connectivity index (χ4v) is 2.20. The molecule has 0 bridgehead atoms. The minimum absolute atomic E-state index is 0. The number of hydrogen-bond donors (Lipinski definition) is 1. The van der Waals surface area contributed by atoms with E-state index in [1.54, 1.807) is 0 Å². The fraction of sp³-hybridized carbons (Fsp3) is 0.429. The molecular formula is C14H21ClN2. The lowest BCUT2D eigenvalue weighted by molar-refractivity contribution is 0.458. The van der Waals surface area contributed by atoms with Gasteiger partial charge in [0.15, 0.2) is 0 Å². The highest BCUT2D eigenvalue weighted by Crippen LogP contribution is 2.29. The van der Waals surface area contributed by atoms with Crippen LogP contribution in [0.3, 0.4) is 0 Å². The fourth-order valence-electron chi connectivity index (χ4n) is 2.20. The summed E-state index contributed by atoms with van der Waals surface area (Å²) in [6.07, 6.45) is 3.28. The van der Waals surface area contributed by atoms with Gasteiger partial charge in [-0.25, -0.2) is 0 Å². The Morgan fingerprint density at radius 3 is 2.59 bits per heavy atom. The molecule has 0 saturated heterocycles. The van der Waals surface area contributed by atoms with Crippen molar-refractivity contribution in [3.05, 3.63) is 36.0 Å². The van der Waals surface area contributed by atoms with Crippen LogP contribution >= 0.6 is 12.4 Å². The number of aryl methyl sites for hydroxylation is 1. The SMILES string of the molecule is CCC(C)[C@H](N)c1cn(C)c2ccccc12.Cl. The molecule has 3 heteroatoms. The van der Waals surface area contributed by atoms with Gasteiger partial charge < -0.3 is 10.3 Å². The summed E-state index contributed by atoms with van der Waals surface area (Å²) in [7, 11) is 2.08. The van der Waals surface area contributed by atoms with Crippen LogP contribution in [0.15, 0.2) is 30.5 Å². The first-order valence-corrected chi connectivity index (χ1v) is 5.94. The summed E-state index contributed by atoms with van der Waals surface area (Å²) in [6.45, 7) is 4.40. The highest BCUT2D eigenvalue weighted by atomic mass is 35.5. The van der Waals surface area contributed by atoms with E-state index in [2.05, 4.69) is 55.9 Å². The highest BCUT2D eigenvalue weighted by molar-refractivity contribution is 5.85. The molecule has 0 aliphatic rings. The molecule has 1 unspecified atom stereocenters. The maximum Gasteiger partial charge on any atom is 0.0481 e. The van der Waals surface area contributed by atoms with Gasteiger partial charge in [-0.3, -0.25) is 0 Å². The van der Waals surface area contributed by atoms with Crippen molar-refractivity contribution in [3.63, 3.8) is 0 Å². The molecule has 2 N–H and O–H groups in total. The van der Waals surface area contributed by atoms with E-state index in [9.17, 15) is 0 Å². The van der Waals surface area contributed by atoms with Gasteiger partial charge in [-0.15, -0.1) is 12.4 Å². The molecule has 1 aromatic heterocycles. The Kier molecular flexibility index (Phi) is 4.61. The van der Waals surface area contributed by atoms with E-state index < -0.39 is 0 Å². The van der Waals surface area contributed by atoms with Crippen LogP contribution in [0.1, 0.15) is 31.9 Å². The maximum atomic E-state index is 6.32. The van der Waals surface area contributed by atoms with Gasteiger partial charge >= 0.3 is 0 Å². The molecule has 1 aromatic carbocycles. The van der Waals surface area contributed by atoms with Gasteiger partial charge in [0, 0.05) is 30.2 Å². The second-order valence-corrected chi connectivity index (χ2v) is 4.62. The zero-order valence-electron chi connectivity index (χ0n) is 10.7. The Hall–Kier alpha value is -0.990. The van der Waals surface area contributed by atoms with Crippen LogP contribution in [0.5, 0.6) is 0 Å². The number of fused-ring (bicyclic) bond motifs is 1. The van der Waals surface area contributed by atoms with Crippen LogP contribution in [0.25, 0.3) is 10.9 Å². The number of nitrogens with two attached hydrogens (primary N) is 1. The van der Waals surface area contributed by atoms with Gasteiger partial charge in [0.1, 0.15) is 0 Å². The van der Waals surface area contributed by atoms with E-state index in [-0.39, 0.29) is 18.4 Å². The molecule has 0 aliphatic carbocycles. The van der Waals surface area contributed by atoms with Crippen molar-refractivity contribution in [3.8, 4) is 0 Å². The van der Waals surface area contributed by atoms with Crippen molar-refractivity contribution in [2.75, 3.05) is 0 Å². The van der Waals surface area contributed by atoms with Crippen molar-refractivity contribution in [1.29, 1.82) is 0 Å². The summed E-state index contributed by atoms with van der Waals surface area (Å²) in [6, 6.07) is 8.58. The normalized spacial score (nSPS) is 14.4. The first-order valence-electron chi connectivity index (χ1n) is 5.94. The first kappa shape index (κ1) is 14.1. The Morgan fingerprint density at radius 1 is 1.29 bits per heavy atom. The molecular weight excluding hydrogens is 232 g/mol. The van der Waals surface area contributed by atoms with Gasteiger partial charge in [0.25, 0.3) is 0 Å². The lowest BCUT2D eigenvalue weighted by Crippen LogP contribution is -2.18. The predicted molar refractivity (Wildman–Crippen MR) is 76.6 cm³/mol. The molecule has 2 aromatic rings. The molecule has 2 rings (SSSR count). The molecule has 0 radical (unpaired) electrons. The van der Waals surface area contributed by atoms with Crippen LogP contribution in [-0.4, -0.2) is 4.57 Å². The van der Waals surface area contributed by atoms with Crippen molar-refractivity contribution >= 4 is 23.3 Å². The summed E-state index contributed by atoms with van der Waals surface area (Å²) in [5, 5.41) is 1.29. The van der Waals surface area contributed by atoms with Crippen molar-refractivity contribution in [2.45, 2.75) is 26.3 Å². The number of nitrogens with zero attached hydrogens (tertiary/aromatic N) is 1. The summed E-state index contributed by atoms with van der Waals surface area (Å²) in [4.78, 5) is 0. The second kappa shape index (κ2) is 5.56. The van der Waals surface area contributed by atoms with E-state index in [0.717, 1.165) is 6.42 Å². The number of benzene rings is 1. The van der Waals surface area contributed by atoms with Gasteiger partial charge in [-0.1, -0.05) is 38.5 Å². The zero-order valence-corrected chi connectivity index (χ0v) is 11.5. The van der Waals surface area contributed by atoms with Gasteiger partial charge in [0.05, 0.1) is 0 Å². The average Bonchev–Trinajstić information content (AvgIpc) is 2.65. The highest BCUT2D eigenvalue weighted by Gasteiger charge is 2.17. The standard InChI is InChI=1S/C14H20N2.ClH/c1-4-10(2)14(15)12-9-16(3)13-8-6-5-7-11(12)13;/h5-10,14H,4,15H2,1-3H3;1H/t10?,14-;/m0./s1. The summed E-state index contributed by atoms with van der Waals surface area (Å²) in [5.41, 5.74) is 8.85. The van der Waals surface area contributed by atoms with Gasteiger partial charge in [-0.2, -0.15) is 0 Å². The number of rotatable bonds is 3. The topological polar surface area (TPSA) is 30.9 Å². The molecule has 2 nitrogen and oxygen atoms in total. The van der Waals surface area contributed by atoms with Crippen LogP contribution in [0.4, 0.5) is 0 Å². The minimum Gasteiger partial charge on any atom is -0.350 e. The Balaban J connectivity index is 0.00000144. The van der Waals surface area contributed by atoms with Gasteiger partial charge in [-0.05, 0) is 17.5 Å². The third-order valence-electron chi connectivity index (χ3n) is 3.54. The van der Waals surface area contributed by atoms with Crippen molar-refractivity contribution < 1.29 is 0 Å². The van der Waals surface area contributed by atoms with E-state index in [1.807, 2.05) is 0 Å². The number of para-hydroxylation sites is 1. The second-order valence-electron chi connectivity index (χ2n) is 4.62. The first-order chi connectivity index (χ1) is 7.65. The summed E-state index contributed by atoms with van der Waals surface area (Å²) < 4.78 is 2.16. The quantitative estimate of drug-likeness (QED) is 0.888. The Morgan fingerprint density at radius 2 is 1.94 bits per heavy atom. The van der Waals surface area contributed by atoms with Crippen molar-refractivity contribution in [1.82, 2.24) is 4.57 Å². The molecule has 0 fully saturated rings. The summed E-state index contributed by atoms with van der Waals surface area (Å²) >= 11 is 0. The smallest absolute Gasteiger partial charge is 0.0481 e. The maximum absolute atomic E-state index is 6.32. The molecule has 2 atom stereocenters. The molecule has 0 spiro atoms. The lowest BCUT2D eigenvalue weighted by atomic mass is 9.93. The summed E-state index contributed by atoms with van der Waals surface area (Å²) in [5.74, 6) is 0.519. The minimum atomic E-state index is 0. The lowest BCUT2D eigenvalue weighted by Gasteiger charge is -2.17. The van der Waals surface area contributed by atoms with Crippen LogP contribution < -0.4 is 5.73 Å². The van der Waals surface area contributed by atoms with E-state index in [4.69, 9.17) is 5.73 Å². The monoisotopic (exact) mass is 252 g/mol. The third-order valence-corrected chi connectivity index (χ3v) is 3.54. The average molecular weight is 253 g/mol. The van der Waals surface area contributed by atoms with Crippen molar-refractivity contribution in [2.24, 2.45) is 18.7 Å². The molecule has 17 heavy (non-hydrogen) atoms. The molecule has 0 amide bonds. The molecule has 0 aliphatic heterocycles.